The lowest BCUT2D eigenvalue weighted by Crippen LogP contribution is -2.55. The molecule has 0 saturated carbocycles. The minimum atomic E-state index is -0.734. The summed E-state index contributed by atoms with van der Waals surface area (Å²) in [6.45, 7) is 15.1. The van der Waals surface area contributed by atoms with E-state index in [4.69, 9.17) is 14.2 Å². The molecule has 2 unspecified atom stereocenters. The van der Waals surface area contributed by atoms with Crippen LogP contribution in [0.3, 0.4) is 0 Å². The fourth-order valence-corrected chi connectivity index (χ4v) is 2.30. The quantitative estimate of drug-likeness (QED) is 0.469. The van der Waals surface area contributed by atoms with Gasteiger partial charge in [0.1, 0.15) is 5.54 Å². The summed E-state index contributed by atoms with van der Waals surface area (Å²) in [5, 5.41) is 3.29. The SMILES string of the molecule is CCOC(=O)C(C)(CC(C)OCCOC(C)C)NC(C)C. The largest absolute Gasteiger partial charge is 0.465 e. The second-order valence-corrected chi connectivity index (χ2v) is 6.16. The van der Waals surface area contributed by atoms with Crippen LogP contribution in [-0.2, 0) is 19.0 Å². The number of rotatable bonds is 11. The van der Waals surface area contributed by atoms with E-state index >= 15 is 0 Å². The summed E-state index contributed by atoms with van der Waals surface area (Å²) in [6, 6.07) is 0.191. The van der Waals surface area contributed by atoms with Gasteiger partial charge in [0.15, 0.2) is 0 Å². The zero-order chi connectivity index (χ0) is 16.5. The Bertz CT molecular complexity index is 294. The average Bonchev–Trinajstić information content (AvgIpc) is 2.33. The van der Waals surface area contributed by atoms with Crippen molar-refractivity contribution in [3.05, 3.63) is 0 Å². The van der Waals surface area contributed by atoms with Crippen molar-refractivity contribution in [1.29, 1.82) is 0 Å². The molecule has 5 nitrogen and oxygen atoms in total. The second kappa shape index (κ2) is 10.1. The maximum absolute atomic E-state index is 12.2. The van der Waals surface area contributed by atoms with Crippen molar-refractivity contribution in [3.63, 3.8) is 0 Å². The van der Waals surface area contributed by atoms with Crippen molar-refractivity contribution in [2.45, 2.75) is 78.7 Å². The van der Waals surface area contributed by atoms with Crippen LogP contribution in [0, 0.1) is 0 Å². The molecule has 0 spiro atoms. The van der Waals surface area contributed by atoms with Crippen LogP contribution in [-0.4, -0.2) is 49.6 Å². The van der Waals surface area contributed by atoms with Crippen molar-refractivity contribution in [2.24, 2.45) is 0 Å². The van der Waals surface area contributed by atoms with E-state index in [1.165, 1.54) is 0 Å². The fourth-order valence-electron chi connectivity index (χ4n) is 2.30. The number of nitrogens with one attached hydrogen (secondary N) is 1. The molecule has 0 aromatic heterocycles. The van der Waals surface area contributed by atoms with E-state index < -0.39 is 5.54 Å². The van der Waals surface area contributed by atoms with Gasteiger partial charge in [0, 0.05) is 12.5 Å². The van der Waals surface area contributed by atoms with Crippen LogP contribution in [0.25, 0.3) is 0 Å². The number of ether oxygens (including phenoxy) is 3. The lowest BCUT2D eigenvalue weighted by atomic mass is 9.93. The van der Waals surface area contributed by atoms with Crippen molar-refractivity contribution in [3.8, 4) is 0 Å². The smallest absolute Gasteiger partial charge is 0.326 e. The lowest BCUT2D eigenvalue weighted by molar-refractivity contribution is -0.152. The predicted octanol–water partition coefficient (Wildman–Crippen LogP) is 2.53. The van der Waals surface area contributed by atoms with Gasteiger partial charge in [0.2, 0.25) is 0 Å². The van der Waals surface area contributed by atoms with Gasteiger partial charge in [-0.15, -0.1) is 0 Å². The maximum Gasteiger partial charge on any atom is 0.326 e. The van der Waals surface area contributed by atoms with Crippen LogP contribution in [0.1, 0.15) is 54.9 Å². The topological polar surface area (TPSA) is 56.8 Å². The molecule has 0 saturated heterocycles. The van der Waals surface area contributed by atoms with E-state index in [1.807, 2.05) is 48.5 Å². The fraction of sp³-hybridized carbons (Fsp3) is 0.938. The van der Waals surface area contributed by atoms with Crippen molar-refractivity contribution in [1.82, 2.24) is 5.32 Å². The summed E-state index contributed by atoms with van der Waals surface area (Å²) in [4.78, 5) is 12.2. The molecule has 2 atom stereocenters. The molecule has 21 heavy (non-hydrogen) atoms. The first-order valence-corrected chi connectivity index (χ1v) is 7.89. The van der Waals surface area contributed by atoms with Crippen LogP contribution >= 0.6 is 0 Å². The van der Waals surface area contributed by atoms with Crippen LogP contribution in [0.15, 0.2) is 0 Å². The first-order chi connectivity index (χ1) is 9.71. The molecule has 0 amide bonds. The maximum atomic E-state index is 12.2. The van der Waals surface area contributed by atoms with Gasteiger partial charge in [-0.25, -0.2) is 0 Å². The molecule has 5 heteroatoms. The molecular formula is C16H33NO4. The zero-order valence-electron chi connectivity index (χ0n) is 14.7. The summed E-state index contributed by atoms with van der Waals surface area (Å²) in [5.74, 6) is -0.229. The highest BCUT2D eigenvalue weighted by Gasteiger charge is 2.36. The van der Waals surface area contributed by atoms with E-state index in [0.29, 0.717) is 26.2 Å². The summed E-state index contributed by atoms with van der Waals surface area (Å²) < 4.78 is 16.4. The Morgan fingerprint density at radius 3 is 2.14 bits per heavy atom. The van der Waals surface area contributed by atoms with Gasteiger partial charge in [-0.05, 0) is 48.5 Å². The number of hydrogen-bond donors (Lipinski definition) is 1. The summed E-state index contributed by atoms with van der Waals surface area (Å²) in [5.41, 5.74) is -0.734. The molecule has 0 heterocycles. The average molecular weight is 303 g/mol. The van der Waals surface area contributed by atoms with Gasteiger partial charge >= 0.3 is 5.97 Å². The van der Waals surface area contributed by atoms with Crippen LogP contribution in [0.4, 0.5) is 0 Å². The normalized spacial score (nSPS) is 16.0. The van der Waals surface area contributed by atoms with Crippen LogP contribution < -0.4 is 5.32 Å². The predicted molar refractivity (Wildman–Crippen MR) is 84.4 cm³/mol. The molecule has 0 fully saturated rings. The molecule has 1 N–H and O–H groups in total. The zero-order valence-corrected chi connectivity index (χ0v) is 14.7. The van der Waals surface area contributed by atoms with Gasteiger partial charge in [-0.1, -0.05) is 0 Å². The van der Waals surface area contributed by atoms with Gasteiger partial charge in [-0.3, -0.25) is 10.1 Å². The lowest BCUT2D eigenvalue weighted by Gasteiger charge is -2.32. The molecule has 0 aliphatic carbocycles. The van der Waals surface area contributed by atoms with E-state index in [0.717, 1.165) is 0 Å². The summed E-state index contributed by atoms with van der Waals surface area (Å²) >= 11 is 0. The number of carbonyl (C=O) groups is 1. The second-order valence-electron chi connectivity index (χ2n) is 6.16. The first kappa shape index (κ1) is 20.3. The van der Waals surface area contributed by atoms with Gasteiger partial charge in [-0.2, -0.15) is 0 Å². The third-order valence-electron chi connectivity index (χ3n) is 2.97. The van der Waals surface area contributed by atoms with Gasteiger partial charge in [0.05, 0.1) is 32.0 Å². The van der Waals surface area contributed by atoms with Crippen molar-refractivity contribution < 1.29 is 19.0 Å². The third kappa shape index (κ3) is 9.06. The van der Waals surface area contributed by atoms with E-state index in [1.54, 1.807) is 0 Å². The molecule has 0 aliphatic heterocycles. The third-order valence-corrected chi connectivity index (χ3v) is 2.97. The number of esters is 1. The first-order valence-electron chi connectivity index (χ1n) is 7.89. The number of hydrogen-bond acceptors (Lipinski definition) is 5. The minimum absolute atomic E-state index is 0.0542. The van der Waals surface area contributed by atoms with Crippen molar-refractivity contribution >= 4 is 5.97 Å². The molecule has 0 aromatic rings. The molecule has 0 bridgehead atoms. The number of carbonyl (C=O) groups excluding carboxylic acids is 1. The highest BCUT2D eigenvalue weighted by atomic mass is 16.5. The minimum Gasteiger partial charge on any atom is -0.465 e. The molecule has 0 radical (unpaired) electrons. The molecule has 0 rings (SSSR count). The Labute approximate surface area is 129 Å². The van der Waals surface area contributed by atoms with E-state index in [-0.39, 0.29) is 24.2 Å². The Hall–Kier alpha value is -0.650. The molecular weight excluding hydrogens is 270 g/mol. The summed E-state index contributed by atoms with van der Waals surface area (Å²) in [7, 11) is 0. The molecule has 0 aromatic carbocycles. The van der Waals surface area contributed by atoms with E-state index in [9.17, 15) is 4.79 Å². The highest BCUT2D eigenvalue weighted by molar-refractivity contribution is 5.80. The Morgan fingerprint density at radius 1 is 1.10 bits per heavy atom. The van der Waals surface area contributed by atoms with Crippen LogP contribution in [0.5, 0.6) is 0 Å². The Balaban J connectivity index is 4.41. The van der Waals surface area contributed by atoms with Crippen LogP contribution in [0.2, 0.25) is 0 Å². The van der Waals surface area contributed by atoms with Gasteiger partial charge < -0.3 is 14.2 Å². The van der Waals surface area contributed by atoms with Gasteiger partial charge in [0.25, 0.3) is 0 Å². The molecule has 126 valence electrons. The standard InChI is InChI=1S/C16H33NO4/c1-8-19-15(18)16(7,17-12(2)3)11-14(6)21-10-9-20-13(4)5/h12-14,17H,8-11H2,1-7H3. The van der Waals surface area contributed by atoms with E-state index in [2.05, 4.69) is 5.32 Å². The molecule has 0 aliphatic rings. The highest BCUT2D eigenvalue weighted by Crippen LogP contribution is 2.18. The Kier molecular flexibility index (Phi) is 9.83. The van der Waals surface area contributed by atoms with Crippen molar-refractivity contribution in [2.75, 3.05) is 19.8 Å². The monoisotopic (exact) mass is 303 g/mol. The Morgan fingerprint density at radius 2 is 1.67 bits per heavy atom. The summed E-state index contributed by atoms with van der Waals surface area (Å²) in [6.07, 6.45) is 0.712.